The van der Waals surface area contributed by atoms with Crippen molar-refractivity contribution in [2.24, 2.45) is 11.8 Å². The topological polar surface area (TPSA) is 57.6 Å². The Morgan fingerprint density at radius 3 is 2.04 bits per heavy atom. The first-order valence-corrected chi connectivity index (χ1v) is 8.81. The van der Waals surface area contributed by atoms with Gasteiger partial charge in [0.15, 0.2) is 0 Å². The van der Waals surface area contributed by atoms with E-state index in [4.69, 9.17) is 0 Å². The molecule has 2 bridgehead atoms. The predicted molar refractivity (Wildman–Crippen MR) is 92.0 cm³/mol. The fourth-order valence-corrected chi connectivity index (χ4v) is 5.57. The lowest BCUT2D eigenvalue weighted by Crippen LogP contribution is -2.55. The largest absolute Gasteiger partial charge is 0.395 e. The van der Waals surface area contributed by atoms with Crippen LogP contribution < -0.4 is 0 Å². The van der Waals surface area contributed by atoms with Gasteiger partial charge in [-0.1, -0.05) is 48.5 Å². The van der Waals surface area contributed by atoms with Gasteiger partial charge in [0, 0.05) is 12.5 Å². The molecule has 2 aromatic carbocycles. The Morgan fingerprint density at radius 1 is 0.960 bits per heavy atom. The lowest BCUT2D eigenvalue weighted by atomic mass is 9.47. The molecule has 0 spiro atoms. The number of carbonyl (C=O) groups is 2. The van der Waals surface area contributed by atoms with Crippen molar-refractivity contribution in [1.29, 1.82) is 0 Å². The maximum absolute atomic E-state index is 13.1. The molecule has 4 nitrogen and oxygen atoms in total. The van der Waals surface area contributed by atoms with Crippen LogP contribution in [0.15, 0.2) is 48.5 Å². The Hall–Kier alpha value is -2.46. The average molecular weight is 333 g/mol. The standard InChI is InChI=1S/C21H19NO3/c1-2-22-19(24)17-16-12-7-3-5-9-14(12)21(11-23,18(17)20(22)25)15-10-6-4-8-13(15)16/h3-10,16-18,23H,2,11H2,1H3. The Bertz CT molecular complexity index is 871. The van der Waals surface area contributed by atoms with Crippen LogP contribution in [-0.2, 0) is 15.0 Å². The Labute approximate surface area is 146 Å². The number of hydrogen-bond donors (Lipinski definition) is 1. The Kier molecular flexibility index (Phi) is 2.85. The van der Waals surface area contributed by atoms with E-state index >= 15 is 0 Å². The SMILES string of the molecule is CCN1C(=O)C2C3c4ccccc4C(CO)(c4ccccc43)C2C1=O. The number of aliphatic hydroxyl groups excluding tert-OH is 1. The van der Waals surface area contributed by atoms with Crippen molar-refractivity contribution >= 4 is 11.8 Å². The van der Waals surface area contributed by atoms with Gasteiger partial charge >= 0.3 is 0 Å². The van der Waals surface area contributed by atoms with E-state index in [2.05, 4.69) is 0 Å². The van der Waals surface area contributed by atoms with Crippen LogP contribution in [0.4, 0.5) is 0 Å². The van der Waals surface area contributed by atoms with E-state index in [1.165, 1.54) is 4.90 Å². The highest BCUT2D eigenvalue weighted by molar-refractivity contribution is 6.08. The lowest BCUT2D eigenvalue weighted by molar-refractivity contribution is -0.140. The molecule has 0 aromatic heterocycles. The van der Waals surface area contributed by atoms with Crippen molar-refractivity contribution in [3.05, 3.63) is 70.8 Å². The summed E-state index contributed by atoms with van der Waals surface area (Å²) in [6.07, 6.45) is 0. The minimum Gasteiger partial charge on any atom is -0.395 e. The lowest BCUT2D eigenvalue weighted by Gasteiger charge is -2.53. The second-order valence-corrected chi connectivity index (χ2v) is 7.21. The van der Waals surface area contributed by atoms with E-state index in [-0.39, 0.29) is 24.3 Å². The van der Waals surface area contributed by atoms with E-state index in [9.17, 15) is 14.7 Å². The van der Waals surface area contributed by atoms with Crippen molar-refractivity contribution < 1.29 is 14.7 Å². The molecule has 126 valence electrons. The van der Waals surface area contributed by atoms with Gasteiger partial charge in [-0.05, 0) is 29.2 Å². The maximum Gasteiger partial charge on any atom is 0.234 e. The molecule has 1 heterocycles. The predicted octanol–water partition coefficient (Wildman–Crippen LogP) is 2.04. The van der Waals surface area contributed by atoms with Crippen molar-refractivity contribution in [3.8, 4) is 0 Å². The average Bonchev–Trinajstić information content (AvgIpc) is 2.92. The minimum absolute atomic E-state index is 0.0932. The smallest absolute Gasteiger partial charge is 0.234 e. The molecule has 1 aliphatic heterocycles. The number of benzene rings is 2. The molecule has 25 heavy (non-hydrogen) atoms. The third-order valence-corrected chi connectivity index (χ3v) is 6.45. The Morgan fingerprint density at radius 2 is 1.52 bits per heavy atom. The number of aliphatic hydroxyl groups is 1. The van der Waals surface area contributed by atoms with Gasteiger partial charge in [-0.25, -0.2) is 0 Å². The zero-order valence-electron chi connectivity index (χ0n) is 14.0. The fourth-order valence-electron chi connectivity index (χ4n) is 5.57. The molecule has 1 saturated heterocycles. The number of nitrogens with zero attached hydrogens (tertiary/aromatic N) is 1. The summed E-state index contributed by atoms with van der Waals surface area (Å²) in [4.78, 5) is 27.6. The first-order chi connectivity index (χ1) is 12.2. The highest BCUT2D eigenvalue weighted by atomic mass is 16.3. The number of rotatable bonds is 2. The van der Waals surface area contributed by atoms with E-state index < -0.39 is 17.3 Å². The first-order valence-electron chi connectivity index (χ1n) is 8.81. The number of carbonyl (C=O) groups excluding carboxylic acids is 2. The first kappa shape index (κ1) is 14.8. The number of imide groups is 1. The molecule has 4 aliphatic rings. The summed E-state index contributed by atoms with van der Waals surface area (Å²) in [5.74, 6) is -1.27. The molecular weight excluding hydrogens is 314 g/mol. The van der Waals surface area contributed by atoms with Gasteiger partial charge in [0.05, 0.1) is 23.9 Å². The summed E-state index contributed by atoms with van der Waals surface area (Å²) < 4.78 is 0. The molecule has 2 atom stereocenters. The van der Waals surface area contributed by atoms with Gasteiger partial charge in [-0.15, -0.1) is 0 Å². The summed E-state index contributed by atoms with van der Waals surface area (Å²) in [6.45, 7) is 2.04. The van der Waals surface area contributed by atoms with Gasteiger partial charge in [-0.2, -0.15) is 0 Å². The molecule has 4 heteroatoms. The van der Waals surface area contributed by atoms with Crippen LogP contribution in [0.3, 0.4) is 0 Å². The van der Waals surface area contributed by atoms with E-state index in [0.717, 1.165) is 22.3 Å². The van der Waals surface area contributed by atoms with Crippen LogP contribution in [0.5, 0.6) is 0 Å². The summed E-state index contributed by atoms with van der Waals surface area (Å²) >= 11 is 0. The number of likely N-dealkylation sites (tertiary alicyclic amines) is 1. The van der Waals surface area contributed by atoms with Crippen molar-refractivity contribution in [3.63, 3.8) is 0 Å². The zero-order valence-corrected chi connectivity index (χ0v) is 14.0. The van der Waals surface area contributed by atoms with Crippen LogP contribution in [0, 0.1) is 11.8 Å². The molecule has 0 saturated carbocycles. The zero-order chi connectivity index (χ0) is 17.3. The van der Waals surface area contributed by atoms with Crippen LogP contribution in [0.25, 0.3) is 0 Å². The van der Waals surface area contributed by atoms with Gasteiger partial charge in [0.2, 0.25) is 11.8 Å². The molecule has 6 rings (SSSR count). The molecule has 0 radical (unpaired) electrons. The highest BCUT2D eigenvalue weighted by Crippen LogP contribution is 2.63. The van der Waals surface area contributed by atoms with Gasteiger partial charge in [0.25, 0.3) is 0 Å². The third-order valence-electron chi connectivity index (χ3n) is 6.45. The number of hydrogen-bond acceptors (Lipinski definition) is 3. The van der Waals surface area contributed by atoms with E-state index in [0.29, 0.717) is 6.54 Å². The van der Waals surface area contributed by atoms with Gasteiger partial charge < -0.3 is 5.11 Å². The van der Waals surface area contributed by atoms with Crippen molar-refractivity contribution in [2.75, 3.05) is 13.2 Å². The minimum atomic E-state index is -0.830. The molecule has 2 amide bonds. The maximum atomic E-state index is 13.1. The monoisotopic (exact) mass is 333 g/mol. The summed E-state index contributed by atoms with van der Waals surface area (Å²) in [5, 5.41) is 10.6. The van der Waals surface area contributed by atoms with E-state index in [1.807, 2.05) is 55.5 Å². The summed E-state index contributed by atoms with van der Waals surface area (Å²) in [7, 11) is 0. The van der Waals surface area contributed by atoms with Gasteiger partial charge in [0.1, 0.15) is 0 Å². The molecule has 2 unspecified atom stereocenters. The fraction of sp³-hybridized carbons (Fsp3) is 0.333. The Balaban J connectivity index is 1.90. The number of amides is 2. The quantitative estimate of drug-likeness (QED) is 0.856. The molecule has 2 aromatic rings. The third kappa shape index (κ3) is 1.48. The summed E-state index contributed by atoms with van der Waals surface area (Å²) in [5.41, 5.74) is 3.33. The van der Waals surface area contributed by atoms with Crippen LogP contribution in [0.1, 0.15) is 35.1 Å². The molecular formula is C21H19NO3. The molecule has 3 aliphatic carbocycles. The van der Waals surface area contributed by atoms with Crippen molar-refractivity contribution in [1.82, 2.24) is 4.90 Å². The van der Waals surface area contributed by atoms with E-state index in [1.54, 1.807) is 0 Å². The second-order valence-electron chi connectivity index (χ2n) is 7.21. The molecule has 1 N–H and O–H groups in total. The highest BCUT2D eigenvalue weighted by Gasteiger charge is 2.67. The second kappa shape index (κ2) is 4.79. The van der Waals surface area contributed by atoms with Gasteiger partial charge in [-0.3, -0.25) is 14.5 Å². The van der Waals surface area contributed by atoms with Crippen molar-refractivity contribution in [2.45, 2.75) is 18.3 Å². The normalized spacial score (nSPS) is 31.8. The van der Waals surface area contributed by atoms with Crippen LogP contribution in [0.2, 0.25) is 0 Å². The molecule has 1 fully saturated rings. The summed E-state index contributed by atoms with van der Waals surface area (Å²) in [6, 6.07) is 16.0. The van der Waals surface area contributed by atoms with Crippen LogP contribution >= 0.6 is 0 Å². The van der Waals surface area contributed by atoms with Crippen LogP contribution in [-0.4, -0.2) is 35.0 Å².